The smallest absolute Gasteiger partial charge is 0.191 e. The van der Waals surface area contributed by atoms with E-state index in [0.29, 0.717) is 0 Å². The van der Waals surface area contributed by atoms with Crippen molar-refractivity contribution in [1.29, 1.82) is 0 Å². The van der Waals surface area contributed by atoms with E-state index in [1.807, 2.05) is 25.2 Å². The molecular formula is C23H34N6O. The third kappa shape index (κ3) is 5.21. The van der Waals surface area contributed by atoms with E-state index < -0.39 is 0 Å². The maximum absolute atomic E-state index is 5.68. The molecule has 1 unspecified atom stereocenters. The van der Waals surface area contributed by atoms with Gasteiger partial charge in [-0.25, -0.2) is 4.98 Å². The molecule has 0 fully saturated rings. The molecule has 0 saturated carbocycles. The Morgan fingerprint density at radius 3 is 2.67 bits per heavy atom. The van der Waals surface area contributed by atoms with E-state index in [2.05, 4.69) is 69.0 Å². The average molecular weight is 411 g/mol. The first-order valence-corrected chi connectivity index (χ1v) is 10.8. The van der Waals surface area contributed by atoms with E-state index in [1.54, 1.807) is 6.26 Å². The van der Waals surface area contributed by atoms with Gasteiger partial charge < -0.3 is 19.6 Å². The van der Waals surface area contributed by atoms with Gasteiger partial charge in [-0.15, -0.1) is 0 Å². The van der Waals surface area contributed by atoms with Crippen LogP contribution in [0, 0.1) is 6.92 Å². The zero-order chi connectivity index (χ0) is 21.3. The van der Waals surface area contributed by atoms with Gasteiger partial charge in [0.25, 0.3) is 0 Å². The van der Waals surface area contributed by atoms with Gasteiger partial charge in [0.2, 0.25) is 0 Å². The number of fused-ring (bicyclic) bond motifs is 1. The summed E-state index contributed by atoms with van der Waals surface area (Å²) in [5, 5.41) is 6.89. The molecule has 2 N–H and O–H groups in total. The molecule has 1 aromatic carbocycles. The fourth-order valence-corrected chi connectivity index (χ4v) is 3.89. The molecule has 0 radical (unpaired) electrons. The average Bonchev–Trinajstić information content (AvgIpc) is 3.40. The SMILES string of the molecule is CCN(CC)C(CNC(=NC)NCCCn1c(C)nc2ccccc21)c1ccco1. The van der Waals surface area contributed by atoms with Gasteiger partial charge in [0.15, 0.2) is 5.96 Å². The molecule has 1 atom stereocenters. The van der Waals surface area contributed by atoms with Crippen molar-refractivity contribution in [2.24, 2.45) is 4.99 Å². The minimum absolute atomic E-state index is 0.175. The summed E-state index contributed by atoms with van der Waals surface area (Å²) < 4.78 is 7.96. The molecule has 0 bridgehead atoms. The summed E-state index contributed by atoms with van der Waals surface area (Å²) in [6, 6.07) is 12.5. The van der Waals surface area contributed by atoms with Crippen LogP contribution in [0.15, 0.2) is 52.1 Å². The number of para-hydroxylation sites is 2. The van der Waals surface area contributed by atoms with Crippen molar-refractivity contribution in [2.75, 3.05) is 33.2 Å². The molecule has 2 heterocycles. The van der Waals surface area contributed by atoms with Crippen LogP contribution in [-0.4, -0.2) is 53.6 Å². The highest BCUT2D eigenvalue weighted by Crippen LogP contribution is 2.20. The highest BCUT2D eigenvalue weighted by atomic mass is 16.3. The van der Waals surface area contributed by atoms with E-state index in [0.717, 1.165) is 62.2 Å². The Labute approximate surface area is 179 Å². The number of hydrogen-bond acceptors (Lipinski definition) is 4. The maximum atomic E-state index is 5.68. The standard InChI is InChI=1S/C23H34N6O/c1-5-28(6-2)21(22-13-9-16-30-22)17-26-23(24-4)25-14-10-15-29-18(3)27-19-11-7-8-12-20(19)29/h7-9,11-13,16,21H,5-6,10,14-15,17H2,1-4H3,(H2,24,25,26). The molecule has 0 aliphatic heterocycles. The topological polar surface area (TPSA) is 70.6 Å². The summed E-state index contributed by atoms with van der Waals surface area (Å²) in [6.07, 6.45) is 2.72. The van der Waals surface area contributed by atoms with E-state index in [4.69, 9.17) is 4.42 Å². The highest BCUT2D eigenvalue weighted by molar-refractivity contribution is 5.79. The molecular weight excluding hydrogens is 376 g/mol. The third-order valence-electron chi connectivity index (χ3n) is 5.51. The minimum Gasteiger partial charge on any atom is -0.468 e. The number of benzene rings is 1. The number of likely N-dealkylation sites (N-methyl/N-ethyl adjacent to an activating group) is 1. The van der Waals surface area contributed by atoms with Gasteiger partial charge in [-0.3, -0.25) is 9.89 Å². The summed E-state index contributed by atoms with van der Waals surface area (Å²) in [5.74, 6) is 2.84. The first-order chi connectivity index (χ1) is 14.7. The lowest BCUT2D eigenvalue weighted by Crippen LogP contribution is -2.43. The molecule has 0 saturated heterocycles. The van der Waals surface area contributed by atoms with E-state index in [9.17, 15) is 0 Å². The second kappa shape index (κ2) is 10.8. The van der Waals surface area contributed by atoms with Crippen molar-refractivity contribution in [3.8, 4) is 0 Å². The molecule has 0 spiro atoms. The largest absolute Gasteiger partial charge is 0.468 e. The molecule has 3 aromatic rings. The monoisotopic (exact) mass is 410 g/mol. The molecule has 0 aliphatic rings. The van der Waals surface area contributed by atoms with E-state index >= 15 is 0 Å². The predicted octanol–water partition coefficient (Wildman–Crippen LogP) is 3.58. The van der Waals surface area contributed by atoms with Crippen LogP contribution in [0.25, 0.3) is 11.0 Å². The Morgan fingerprint density at radius 1 is 1.17 bits per heavy atom. The van der Waals surface area contributed by atoms with Crippen LogP contribution in [-0.2, 0) is 6.54 Å². The van der Waals surface area contributed by atoms with E-state index in [-0.39, 0.29) is 6.04 Å². The first-order valence-electron chi connectivity index (χ1n) is 10.8. The zero-order valence-corrected chi connectivity index (χ0v) is 18.6. The fraction of sp³-hybridized carbons (Fsp3) is 0.478. The number of nitrogens with zero attached hydrogens (tertiary/aromatic N) is 4. The highest BCUT2D eigenvalue weighted by Gasteiger charge is 2.20. The molecule has 162 valence electrons. The van der Waals surface area contributed by atoms with Crippen molar-refractivity contribution in [3.05, 3.63) is 54.2 Å². The third-order valence-corrected chi connectivity index (χ3v) is 5.51. The molecule has 7 heteroatoms. The number of guanidine groups is 1. The summed E-state index contributed by atoms with van der Waals surface area (Å²) in [4.78, 5) is 11.4. The lowest BCUT2D eigenvalue weighted by molar-refractivity contribution is 0.193. The Balaban J connectivity index is 1.51. The van der Waals surface area contributed by atoms with Crippen LogP contribution in [0.1, 0.15) is 37.9 Å². The van der Waals surface area contributed by atoms with Gasteiger partial charge in [-0.2, -0.15) is 0 Å². The van der Waals surface area contributed by atoms with Crippen LogP contribution in [0.4, 0.5) is 0 Å². The summed E-state index contributed by atoms with van der Waals surface area (Å²) >= 11 is 0. The van der Waals surface area contributed by atoms with Gasteiger partial charge in [-0.05, 0) is 50.7 Å². The quantitative estimate of drug-likeness (QED) is 0.304. The van der Waals surface area contributed by atoms with Crippen molar-refractivity contribution in [2.45, 2.75) is 39.8 Å². The lowest BCUT2D eigenvalue weighted by Gasteiger charge is -2.28. The van der Waals surface area contributed by atoms with Crippen molar-refractivity contribution in [3.63, 3.8) is 0 Å². The van der Waals surface area contributed by atoms with Gasteiger partial charge in [0, 0.05) is 26.7 Å². The first kappa shape index (κ1) is 21.9. The Bertz CT molecular complexity index is 926. The molecule has 7 nitrogen and oxygen atoms in total. The predicted molar refractivity (Wildman–Crippen MR) is 123 cm³/mol. The Kier molecular flexibility index (Phi) is 7.90. The number of rotatable bonds is 10. The van der Waals surface area contributed by atoms with Crippen molar-refractivity contribution >= 4 is 17.0 Å². The van der Waals surface area contributed by atoms with Gasteiger partial charge in [-0.1, -0.05) is 26.0 Å². The minimum atomic E-state index is 0.175. The second-order valence-corrected chi connectivity index (χ2v) is 7.29. The van der Waals surface area contributed by atoms with Crippen LogP contribution in [0.5, 0.6) is 0 Å². The molecule has 0 aliphatic carbocycles. The zero-order valence-electron chi connectivity index (χ0n) is 18.6. The number of aryl methyl sites for hydroxylation is 2. The number of aliphatic imine (C=N–C) groups is 1. The van der Waals surface area contributed by atoms with Gasteiger partial charge >= 0.3 is 0 Å². The second-order valence-electron chi connectivity index (χ2n) is 7.29. The molecule has 30 heavy (non-hydrogen) atoms. The van der Waals surface area contributed by atoms with Crippen molar-refractivity contribution in [1.82, 2.24) is 25.1 Å². The number of imidazole rings is 1. The number of nitrogens with one attached hydrogen (secondary N) is 2. The maximum Gasteiger partial charge on any atom is 0.191 e. The molecule has 2 aromatic heterocycles. The van der Waals surface area contributed by atoms with E-state index in [1.165, 1.54) is 5.52 Å². The number of hydrogen-bond donors (Lipinski definition) is 2. The molecule has 3 rings (SSSR count). The molecule has 0 amide bonds. The van der Waals surface area contributed by atoms with Crippen molar-refractivity contribution < 1.29 is 4.42 Å². The summed E-state index contributed by atoms with van der Waals surface area (Å²) in [7, 11) is 1.81. The number of aromatic nitrogens is 2. The van der Waals surface area contributed by atoms with Crippen LogP contribution in [0.2, 0.25) is 0 Å². The normalized spacial score (nSPS) is 13.2. The van der Waals surface area contributed by atoms with Gasteiger partial charge in [0.1, 0.15) is 11.6 Å². The van der Waals surface area contributed by atoms with Crippen LogP contribution < -0.4 is 10.6 Å². The fourth-order valence-electron chi connectivity index (χ4n) is 3.89. The Morgan fingerprint density at radius 2 is 1.97 bits per heavy atom. The van der Waals surface area contributed by atoms with Gasteiger partial charge in [0.05, 0.1) is 23.3 Å². The summed E-state index contributed by atoms with van der Waals surface area (Å²) in [5.41, 5.74) is 2.25. The summed E-state index contributed by atoms with van der Waals surface area (Å²) in [6.45, 7) is 10.8. The number of furan rings is 1. The Hall–Kier alpha value is -2.80. The lowest BCUT2D eigenvalue weighted by atomic mass is 10.2. The van der Waals surface area contributed by atoms with Crippen LogP contribution in [0.3, 0.4) is 0 Å². The van der Waals surface area contributed by atoms with Crippen LogP contribution >= 0.6 is 0 Å².